The van der Waals surface area contributed by atoms with E-state index in [9.17, 15) is 4.79 Å². The number of nitrogens with one attached hydrogen (secondary N) is 1. The first-order valence-corrected chi connectivity index (χ1v) is 4.24. The standard InChI is InChI=1S/C8H11N3O4/c1-5(4-12)10-7(13)6-2-3-9-11-8(6)15-14/h2-3,5,12,14H,4H2,1H3,(H,10,13). The largest absolute Gasteiger partial charge is 0.394 e. The van der Waals surface area contributed by atoms with Crippen LogP contribution in [0.4, 0.5) is 0 Å². The summed E-state index contributed by atoms with van der Waals surface area (Å²) < 4.78 is 0. The first-order valence-electron chi connectivity index (χ1n) is 4.24. The van der Waals surface area contributed by atoms with Crippen molar-refractivity contribution in [2.45, 2.75) is 13.0 Å². The molecule has 0 fully saturated rings. The fourth-order valence-corrected chi connectivity index (χ4v) is 0.906. The van der Waals surface area contributed by atoms with Crippen molar-refractivity contribution < 1.29 is 20.0 Å². The second-order valence-corrected chi connectivity index (χ2v) is 2.90. The summed E-state index contributed by atoms with van der Waals surface area (Å²) in [6, 6.07) is 0.954. The third-order valence-corrected chi connectivity index (χ3v) is 1.67. The summed E-state index contributed by atoms with van der Waals surface area (Å²) in [5.41, 5.74) is 0.0489. The molecular formula is C8H11N3O4. The van der Waals surface area contributed by atoms with Crippen molar-refractivity contribution in [1.29, 1.82) is 0 Å². The van der Waals surface area contributed by atoms with Gasteiger partial charge in [0.15, 0.2) is 0 Å². The zero-order valence-electron chi connectivity index (χ0n) is 8.04. The zero-order valence-corrected chi connectivity index (χ0v) is 8.04. The van der Waals surface area contributed by atoms with Gasteiger partial charge in [0, 0.05) is 6.04 Å². The van der Waals surface area contributed by atoms with Gasteiger partial charge in [-0.1, -0.05) is 0 Å². The molecule has 15 heavy (non-hydrogen) atoms. The van der Waals surface area contributed by atoms with Crippen LogP contribution in [0.3, 0.4) is 0 Å². The minimum atomic E-state index is -0.504. The number of carbonyl (C=O) groups excluding carboxylic acids is 1. The lowest BCUT2D eigenvalue weighted by atomic mass is 10.2. The highest BCUT2D eigenvalue weighted by Gasteiger charge is 2.15. The number of hydrogen-bond acceptors (Lipinski definition) is 6. The molecule has 7 heteroatoms. The summed E-state index contributed by atoms with van der Waals surface area (Å²) in [6.45, 7) is 1.45. The Morgan fingerprint density at radius 1 is 1.73 bits per heavy atom. The normalized spacial score (nSPS) is 11.9. The van der Waals surface area contributed by atoms with E-state index in [4.69, 9.17) is 10.4 Å². The van der Waals surface area contributed by atoms with Gasteiger partial charge in [-0.15, -0.1) is 5.10 Å². The maximum absolute atomic E-state index is 11.5. The van der Waals surface area contributed by atoms with Crippen LogP contribution in [-0.2, 0) is 0 Å². The first kappa shape index (κ1) is 11.3. The van der Waals surface area contributed by atoms with E-state index in [1.807, 2.05) is 0 Å². The Morgan fingerprint density at radius 2 is 2.47 bits per heavy atom. The number of aliphatic hydroxyl groups excluding tert-OH is 1. The molecule has 1 heterocycles. The Labute approximate surface area is 85.6 Å². The zero-order chi connectivity index (χ0) is 11.3. The monoisotopic (exact) mass is 213 g/mol. The van der Waals surface area contributed by atoms with Crippen LogP contribution in [0.1, 0.15) is 17.3 Å². The summed E-state index contributed by atoms with van der Waals surface area (Å²) in [7, 11) is 0. The van der Waals surface area contributed by atoms with Crippen LogP contribution in [0.25, 0.3) is 0 Å². The van der Waals surface area contributed by atoms with Crippen molar-refractivity contribution in [3.05, 3.63) is 17.8 Å². The maximum atomic E-state index is 11.5. The van der Waals surface area contributed by atoms with Gasteiger partial charge >= 0.3 is 0 Å². The van der Waals surface area contributed by atoms with Crippen LogP contribution in [0.2, 0.25) is 0 Å². The molecule has 1 aromatic heterocycles. The van der Waals surface area contributed by atoms with Crippen molar-refractivity contribution in [3.8, 4) is 5.88 Å². The van der Waals surface area contributed by atoms with E-state index >= 15 is 0 Å². The fourth-order valence-electron chi connectivity index (χ4n) is 0.906. The van der Waals surface area contributed by atoms with Gasteiger partial charge in [-0.25, -0.2) is 5.26 Å². The number of nitrogens with zero attached hydrogens (tertiary/aromatic N) is 2. The highest BCUT2D eigenvalue weighted by molar-refractivity contribution is 5.96. The van der Waals surface area contributed by atoms with Gasteiger partial charge in [0.25, 0.3) is 11.8 Å². The molecule has 0 aliphatic carbocycles. The highest BCUT2D eigenvalue weighted by Crippen LogP contribution is 2.11. The number of hydrogen-bond donors (Lipinski definition) is 3. The predicted molar refractivity (Wildman–Crippen MR) is 49.3 cm³/mol. The van der Waals surface area contributed by atoms with E-state index in [0.29, 0.717) is 0 Å². The van der Waals surface area contributed by atoms with Gasteiger partial charge in [-0.2, -0.15) is 5.10 Å². The number of aromatic nitrogens is 2. The topological polar surface area (TPSA) is 105 Å². The van der Waals surface area contributed by atoms with Crippen molar-refractivity contribution in [3.63, 3.8) is 0 Å². The number of aliphatic hydroxyl groups is 1. The van der Waals surface area contributed by atoms with Crippen molar-refractivity contribution >= 4 is 5.91 Å². The van der Waals surface area contributed by atoms with E-state index in [2.05, 4.69) is 20.4 Å². The molecule has 1 atom stereocenters. The van der Waals surface area contributed by atoms with Gasteiger partial charge in [0.2, 0.25) is 0 Å². The summed E-state index contributed by atoms with van der Waals surface area (Å²) >= 11 is 0. The summed E-state index contributed by atoms with van der Waals surface area (Å²) in [6.07, 6.45) is 1.29. The second-order valence-electron chi connectivity index (χ2n) is 2.90. The van der Waals surface area contributed by atoms with Crippen LogP contribution in [-0.4, -0.2) is 39.1 Å². The van der Waals surface area contributed by atoms with E-state index in [0.717, 1.165) is 0 Å². The molecule has 0 aliphatic rings. The molecule has 0 saturated carbocycles. The van der Waals surface area contributed by atoms with Crippen molar-refractivity contribution in [2.24, 2.45) is 0 Å². The highest BCUT2D eigenvalue weighted by atomic mass is 17.1. The third-order valence-electron chi connectivity index (χ3n) is 1.67. The average molecular weight is 213 g/mol. The number of rotatable bonds is 4. The Kier molecular flexibility index (Phi) is 3.95. The van der Waals surface area contributed by atoms with E-state index in [1.165, 1.54) is 12.3 Å². The Hall–Kier alpha value is -1.73. The van der Waals surface area contributed by atoms with Crippen LogP contribution < -0.4 is 10.2 Å². The Morgan fingerprint density at radius 3 is 3.07 bits per heavy atom. The molecule has 7 nitrogen and oxygen atoms in total. The van der Waals surface area contributed by atoms with Gasteiger partial charge < -0.3 is 15.3 Å². The predicted octanol–water partition coefficient (Wildman–Crippen LogP) is -0.561. The fraction of sp³-hybridized carbons (Fsp3) is 0.375. The molecule has 0 spiro atoms. The molecule has 0 aliphatic heterocycles. The molecule has 3 N–H and O–H groups in total. The maximum Gasteiger partial charge on any atom is 0.287 e. The van der Waals surface area contributed by atoms with E-state index in [-0.39, 0.29) is 18.1 Å². The lowest BCUT2D eigenvalue weighted by Gasteiger charge is -2.10. The van der Waals surface area contributed by atoms with Crippen molar-refractivity contribution in [1.82, 2.24) is 15.5 Å². The lowest BCUT2D eigenvalue weighted by molar-refractivity contribution is -0.142. The van der Waals surface area contributed by atoms with Crippen LogP contribution in [0, 0.1) is 0 Å². The van der Waals surface area contributed by atoms with Gasteiger partial charge in [0.1, 0.15) is 5.56 Å². The summed E-state index contributed by atoms with van der Waals surface area (Å²) in [5, 5.41) is 26.5. The minimum Gasteiger partial charge on any atom is -0.394 e. The molecule has 0 bridgehead atoms. The quantitative estimate of drug-likeness (QED) is 0.457. The van der Waals surface area contributed by atoms with Gasteiger partial charge in [-0.05, 0) is 13.0 Å². The molecular weight excluding hydrogens is 202 g/mol. The van der Waals surface area contributed by atoms with Gasteiger partial charge in [0.05, 0.1) is 12.8 Å². The lowest BCUT2D eigenvalue weighted by Crippen LogP contribution is -2.35. The Balaban J connectivity index is 2.81. The van der Waals surface area contributed by atoms with Crippen LogP contribution in [0.5, 0.6) is 5.88 Å². The molecule has 1 amide bonds. The van der Waals surface area contributed by atoms with Gasteiger partial charge in [-0.3, -0.25) is 4.79 Å². The first-order chi connectivity index (χ1) is 7.19. The van der Waals surface area contributed by atoms with Crippen LogP contribution in [0.15, 0.2) is 12.3 Å². The van der Waals surface area contributed by atoms with E-state index < -0.39 is 11.9 Å². The minimum absolute atomic E-state index is 0.0489. The average Bonchev–Trinajstić information content (AvgIpc) is 2.28. The smallest absolute Gasteiger partial charge is 0.287 e. The third kappa shape index (κ3) is 2.86. The Bertz CT molecular complexity index is 344. The van der Waals surface area contributed by atoms with Crippen LogP contribution >= 0.6 is 0 Å². The molecule has 0 radical (unpaired) electrons. The number of carbonyl (C=O) groups is 1. The molecule has 0 aromatic carbocycles. The van der Waals surface area contributed by atoms with Crippen molar-refractivity contribution in [2.75, 3.05) is 6.61 Å². The molecule has 0 saturated heterocycles. The second kappa shape index (κ2) is 5.23. The SMILES string of the molecule is CC(CO)NC(=O)c1ccnnc1OO. The van der Waals surface area contributed by atoms with E-state index in [1.54, 1.807) is 6.92 Å². The number of amides is 1. The molecule has 82 valence electrons. The molecule has 1 aromatic rings. The molecule has 1 unspecified atom stereocenters. The summed E-state index contributed by atoms with van der Waals surface area (Å²) in [4.78, 5) is 15.4. The molecule has 1 rings (SSSR count). The summed E-state index contributed by atoms with van der Waals surface area (Å²) in [5.74, 6) is -0.782.